The summed E-state index contributed by atoms with van der Waals surface area (Å²) in [6.07, 6.45) is 3.29. The Bertz CT molecular complexity index is 106. The molecular weight excluding hydrogens is 110 g/mol. The van der Waals surface area contributed by atoms with Crippen molar-refractivity contribution in [3.8, 4) is 6.07 Å². The van der Waals surface area contributed by atoms with Gasteiger partial charge in [-0.1, -0.05) is 20.8 Å². The Morgan fingerprint density at radius 1 is 1.44 bits per heavy atom. The lowest BCUT2D eigenvalue weighted by Gasteiger charge is -1.94. The van der Waals surface area contributed by atoms with Gasteiger partial charge in [-0.25, -0.2) is 0 Å². The van der Waals surface area contributed by atoms with Gasteiger partial charge in [0.1, 0.15) is 0 Å². The van der Waals surface area contributed by atoms with E-state index >= 15 is 0 Å². The highest BCUT2D eigenvalue weighted by atomic mass is 14.4. The number of hydrogen-bond acceptors (Lipinski definition) is 1. The van der Waals surface area contributed by atoms with E-state index < -0.39 is 0 Å². The van der Waals surface area contributed by atoms with E-state index in [4.69, 9.17) is 5.26 Å². The van der Waals surface area contributed by atoms with E-state index in [9.17, 15) is 0 Å². The molecule has 0 spiro atoms. The molecule has 52 valence electrons. The summed E-state index contributed by atoms with van der Waals surface area (Å²) >= 11 is 0. The highest BCUT2D eigenvalue weighted by Crippen LogP contribution is 2.47. The Morgan fingerprint density at radius 3 is 2.00 bits per heavy atom. The van der Waals surface area contributed by atoms with E-state index in [-0.39, 0.29) is 0 Å². The van der Waals surface area contributed by atoms with Crippen molar-refractivity contribution < 1.29 is 0 Å². The molecule has 0 aromatic rings. The Morgan fingerprint density at radius 2 is 1.89 bits per heavy atom. The molecule has 1 nitrogen and oxygen atoms in total. The van der Waals surface area contributed by atoms with Crippen molar-refractivity contribution in [2.45, 2.75) is 40.0 Å². The molecule has 0 aromatic carbocycles. The van der Waals surface area contributed by atoms with Crippen LogP contribution in [0.2, 0.25) is 0 Å². The molecule has 0 aliphatic heterocycles. The van der Waals surface area contributed by atoms with E-state index in [0.29, 0.717) is 5.41 Å². The molecule has 1 aliphatic rings. The summed E-state index contributed by atoms with van der Waals surface area (Å²) in [4.78, 5) is 0. The summed E-state index contributed by atoms with van der Waals surface area (Å²) in [6.45, 7) is 6.16. The maximum Gasteiger partial charge on any atom is 0.0627 e. The smallest absolute Gasteiger partial charge is 0.0627 e. The van der Waals surface area contributed by atoms with Crippen LogP contribution in [0.3, 0.4) is 0 Å². The molecule has 0 radical (unpaired) electrons. The quantitative estimate of drug-likeness (QED) is 0.528. The first-order valence-electron chi connectivity index (χ1n) is 3.64. The highest BCUT2D eigenvalue weighted by molar-refractivity contribution is 4.95. The van der Waals surface area contributed by atoms with Crippen molar-refractivity contribution in [1.29, 1.82) is 5.26 Å². The largest absolute Gasteiger partial charge is 0.198 e. The molecule has 9 heavy (non-hydrogen) atoms. The first-order valence-corrected chi connectivity index (χ1v) is 3.64. The molecule has 0 atom stereocenters. The lowest BCUT2D eigenvalue weighted by molar-refractivity contribution is 0.592. The van der Waals surface area contributed by atoms with Crippen molar-refractivity contribution in [3.05, 3.63) is 0 Å². The average Bonchev–Trinajstić information content (AvgIpc) is 2.55. The molecule has 0 saturated heterocycles. The van der Waals surface area contributed by atoms with Gasteiger partial charge in [0.05, 0.1) is 6.07 Å². The van der Waals surface area contributed by atoms with Crippen LogP contribution < -0.4 is 0 Å². The summed E-state index contributed by atoms with van der Waals surface area (Å²) in [5.74, 6) is 0. The zero-order valence-corrected chi connectivity index (χ0v) is 6.57. The van der Waals surface area contributed by atoms with Crippen molar-refractivity contribution >= 4 is 0 Å². The second-order valence-corrected chi connectivity index (χ2v) is 2.65. The van der Waals surface area contributed by atoms with Crippen LogP contribution in [0.25, 0.3) is 0 Å². The molecule has 1 fully saturated rings. The third kappa shape index (κ3) is 3.13. The van der Waals surface area contributed by atoms with Gasteiger partial charge in [0.15, 0.2) is 0 Å². The van der Waals surface area contributed by atoms with Gasteiger partial charge in [0.25, 0.3) is 0 Å². The number of hydrogen-bond donors (Lipinski definition) is 0. The normalized spacial score (nSPS) is 18.9. The van der Waals surface area contributed by atoms with E-state index in [1.54, 1.807) is 0 Å². The fourth-order valence-electron chi connectivity index (χ4n) is 0.581. The Labute approximate surface area is 57.7 Å². The van der Waals surface area contributed by atoms with Gasteiger partial charge in [0, 0.05) is 6.42 Å². The number of nitrogens with zero attached hydrogens (tertiary/aromatic N) is 1. The van der Waals surface area contributed by atoms with Gasteiger partial charge >= 0.3 is 0 Å². The zero-order chi connectivity index (χ0) is 7.33. The topological polar surface area (TPSA) is 23.8 Å². The molecule has 0 unspecified atom stereocenters. The molecule has 1 heteroatoms. The molecule has 0 bridgehead atoms. The molecule has 0 N–H and O–H groups in total. The third-order valence-electron chi connectivity index (χ3n) is 1.61. The van der Waals surface area contributed by atoms with Crippen LogP contribution in [0, 0.1) is 16.7 Å². The maximum absolute atomic E-state index is 8.19. The first-order chi connectivity index (χ1) is 4.27. The van der Waals surface area contributed by atoms with Crippen LogP contribution >= 0.6 is 0 Å². The number of nitriles is 1. The minimum atomic E-state index is 0.439. The van der Waals surface area contributed by atoms with Crippen LogP contribution in [0.1, 0.15) is 40.0 Å². The second kappa shape index (κ2) is 3.50. The minimum Gasteiger partial charge on any atom is -0.198 e. The van der Waals surface area contributed by atoms with Crippen molar-refractivity contribution in [2.24, 2.45) is 5.41 Å². The monoisotopic (exact) mass is 125 g/mol. The summed E-state index contributed by atoms with van der Waals surface area (Å²) in [7, 11) is 0. The maximum atomic E-state index is 8.19. The molecule has 0 aromatic heterocycles. The summed E-state index contributed by atoms with van der Waals surface area (Å²) in [5, 5.41) is 8.19. The summed E-state index contributed by atoms with van der Waals surface area (Å²) < 4.78 is 0. The van der Waals surface area contributed by atoms with Crippen molar-refractivity contribution in [3.63, 3.8) is 0 Å². The highest BCUT2D eigenvalue weighted by Gasteiger charge is 2.36. The molecule has 0 heterocycles. The molecule has 1 aliphatic carbocycles. The Hall–Kier alpha value is -0.510. The van der Waals surface area contributed by atoms with E-state index in [0.717, 1.165) is 6.42 Å². The predicted molar refractivity (Wildman–Crippen MR) is 38.9 cm³/mol. The minimum absolute atomic E-state index is 0.439. The van der Waals surface area contributed by atoms with Crippen LogP contribution in [-0.4, -0.2) is 0 Å². The van der Waals surface area contributed by atoms with Crippen LogP contribution in [0.15, 0.2) is 0 Å². The summed E-state index contributed by atoms with van der Waals surface area (Å²) in [6, 6.07) is 2.17. The Kier molecular flexibility index (Phi) is 3.30. The van der Waals surface area contributed by atoms with E-state index in [1.165, 1.54) is 12.8 Å². The van der Waals surface area contributed by atoms with Crippen LogP contribution in [0.5, 0.6) is 0 Å². The summed E-state index contributed by atoms with van der Waals surface area (Å²) in [5.41, 5.74) is 0.439. The van der Waals surface area contributed by atoms with Gasteiger partial charge in [-0.3, -0.25) is 0 Å². The van der Waals surface area contributed by atoms with Crippen LogP contribution in [-0.2, 0) is 0 Å². The van der Waals surface area contributed by atoms with E-state index in [1.807, 2.05) is 13.8 Å². The molecular formula is C8H15N. The third-order valence-corrected chi connectivity index (χ3v) is 1.61. The predicted octanol–water partition coefficient (Wildman–Crippen LogP) is 2.73. The molecule has 0 amide bonds. The van der Waals surface area contributed by atoms with Crippen molar-refractivity contribution in [2.75, 3.05) is 0 Å². The lowest BCUT2D eigenvalue weighted by atomic mass is 10.1. The van der Waals surface area contributed by atoms with Gasteiger partial charge < -0.3 is 0 Å². The van der Waals surface area contributed by atoms with Crippen LogP contribution in [0.4, 0.5) is 0 Å². The lowest BCUT2D eigenvalue weighted by Crippen LogP contribution is -1.87. The van der Waals surface area contributed by atoms with Gasteiger partial charge in [0.2, 0.25) is 0 Å². The standard InChI is InChI=1S/C6H9N.C2H6/c1-6(2-3-6)4-5-7;1-2/h2-4H2,1H3;1-2H3. The van der Waals surface area contributed by atoms with Gasteiger partial charge in [-0.2, -0.15) is 5.26 Å². The Balaban J connectivity index is 0.000000291. The number of rotatable bonds is 1. The fraction of sp³-hybridized carbons (Fsp3) is 0.875. The second-order valence-electron chi connectivity index (χ2n) is 2.65. The fourth-order valence-corrected chi connectivity index (χ4v) is 0.581. The SMILES string of the molecule is CC.CC1(CC#N)CC1. The van der Waals surface area contributed by atoms with Gasteiger partial charge in [-0.05, 0) is 18.3 Å². The average molecular weight is 125 g/mol. The zero-order valence-electron chi connectivity index (χ0n) is 6.57. The van der Waals surface area contributed by atoms with Gasteiger partial charge in [-0.15, -0.1) is 0 Å². The first kappa shape index (κ1) is 8.49. The van der Waals surface area contributed by atoms with Crippen molar-refractivity contribution in [1.82, 2.24) is 0 Å². The molecule has 1 saturated carbocycles. The molecule has 1 rings (SSSR count). The van der Waals surface area contributed by atoms with E-state index in [2.05, 4.69) is 13.0 Å².